The molecule has 20 heavy (non-hydrogen) atoms. The summed E-state index contributed by atoms with van der Waals surface area (Å²) in [5, 5.41) is 13.0. The van der Waals surface area contributed by atoms with Gasteiger partial charge in [-0.1, -0.05) is 17.3 Å². The van der Waals surface area contributed by atoms with Gasteiger partial charge in [0.2, 0.25) is 5.91 Å². The number of hydrogen-bond donors (Lipinski definition) is 1. The van der Waals surface area contributed by atoms with Crippen LogP contribution in [-0.4, -0.2) is 40.4 Å². The average Bonchev–Trinajstić information content (AvgIpc) is 3.10. The van der Waals surface area contributed by atoms with Crippen LogP contribution in [0, 0.1) is 18.8 Å². The lowest BCUT2D eigenvalue weighted by Gasteiger charge is -2.21. The van der Waals surface area contributed by atoms with Gasteiger partial charge in [0.1, 0.15) is 17.2 Å². The van der Waals surface area contributed by atoms with Gasteiger partial charge in [-0.05, 0) is 6.92 Å². The standard InChI is InChI=1S/C13H12N2O5/c1-6-7(4-14-20-6)15-5-13-3-2-8(19-13)9(12(17)18)10(13)11(15)16/h2-4,8-10H,5H2,1H3,(H,17,18)/t8-,9-,10-,13+/m0/s1. The van der Waals surface area contributed by atoms with Crippen molar-refractivity contribution in [3.8, 4) is 0 Å². The number of carboxylic acid groups (broad SMARTS) is 1. The average molecular weight is 276 g/mol. The molecule has 2 bridgehead atoms. The summed E-state index contributed by atoms with van der Waals surface area (Å²) >= 11 is 0. The predicted molar refractivity (Wildman–Crippen MR) is 65.0 cm³/mol. The SMILES string of the molecule is Cc1oncc1N1C[C@@]23C=C[C@H](O2)[C@H](C(=O)O)[C@H]3C1=O. The van der Waals surface area contributed by atoms with Crippen molar-refractivity contribution in [2.24, 2.45) is 11.8 Å². The van der Waals surface area contributed by atoms with Crippen LogP contribution in [-0.2, 0) is 14.3 Å². The highest BCUT2D eigenvalue weighted by Gasteiger charge is 2.67. The lowest BCUT2D eigenvalue weighted by molar-refractivity contribution is -0.146. The molecular weight excluding hydrogens is 264 g/mol. The number of rotatable bonds is 2. The minimum atomic E-state index is -0.997. The molecule has 4 atom stereocenters. The van der Waals surface area contributed by atoms with Crippen LogP contribution in [0.2, 0.25) is 0 Å². The number of carbonyl (C=O) groups excluding carboxylic acids is 1. The second kappa shape index (κ2) is 3.49. The lowest BCUT2D eigenvalue weighted by atomic mass is 9.77. The first-order valence-electron chi connectivity index (χ1n) is 6.36. The molecule has 1 aromatic rings. The first-order chi connectivity index (χ1) is 9.53. The van der Waals surface area contributed by atoms with Crippen molar-refractivity contribution in [3.05, 3.63) is 24.1 Å². The summed E-state index contributed by atoms with van der Waals surface area (Å²) in [7, 11) is 0. The third-order valence-corrected chi connectivity index (χ3v) is 4.40. The molecule has 0 unspecified atom stereocenters. The first kappa shape index (κ1) is 11.7. The van der Waals surface area contributed by atoms with Crippen LogP contribution in [0.1, 0.15) is 5.76 Å². The lowest BCUT2D eigenvalue weighted by Crippen LogP contribution is -2.39. The van der Waals surface area contributed by atoms with Crippen molar-refractivity contribution in [2.75, 3.05) is 11.4 Å². The van der Waals surface area contributed by atoms with E-state index in [-0.39, 0.29) is 5.91 Å². The molecule has 7 heteroatoms. The van der Waals surface area contributed by atoms with Crippen LogP contribution < -0.4 is 4.90 Å². The highest BCUT2D eigenvalue weighted by atomic mass is 16.5. The van der Waals surface area contributed by atoms with Gasteiger partial charge in [-0.2, -0.15) is 0 Å². The van der Waals surface area contributed by atoms with Crippen LogP contribution in [0.25, 0.3) is 0 Å². The van der Waals surface area contributed by atoms with Gasteiger partial charge in [-0.3, -0.25) is 9.59 Å². The maximum atomic E-state index is 12.6. The fourth-order valence-corrected chi connectivity index (χ4v) is 3.54. The fraction of sp³-hybridized carbons (Fsp3) is 0.462. The van der Waals surface area contributed by atoms with E-state index in [9.17, 15) is 14.7 Å². The number of fused-ring (bicyclic) bond motifs is 1. The minimum Gasteiger partial charge on any atom is -0.481 e. The topological polar surface area (TPSA) is 92.9 Å². The summed E-state index contributed by atoms with van der Waals surface area (Å²) in [6.07, 6.45) is 4.53. The normalized spacial score (nSPS) is 37.8. The molecule has 1 N–H and O–H groups in total. The Kier molecular flexibility index (Phi) is 2.03. The third-order valence-electron chi connectivity index (χ3n) is 4.40. The molecule has 0 saturated carbocycles. The van der Waals surface area contributed by atoms with Crippen LogP contribution in [0.5, 0.6) is 0 Å². The number of carbonyl (C=O) groups is 2. The summed E-state index contributed by atoms with van der Waals surface area (Å²) < 4.78 is 10.8. The molecule has 7 nitrogen and oxygen atoms in total. The summed E-state index contributed by atoms with van der Waals surface area (Å²) in [6.45, 7) is 2.01. The Morgan fingerprint density at radius 1 is 1.60 bits per heavy atom. The van der Waals surface area contributed by atoms with Crippen molar-refractivity contribution in [1.82, 2.24) is 5.16 Å². The third kappa shape index (κ3) is 1.21. The molecule has 104 valence electrons. The summed E-state index contributed by atoms with van der Waals surface area (Å²) in [5.41, 5.74) is -0.252. The Balaban J connectivity index is 1.78. The number of aryl methyl sites for hydroxylation is 1. The van der Waals surface area contributed by atoms with E-state index in [2.05, 4.69) is 5.16 Å². The molecule has 3 aliphatic heterocycles. The molecular formula is C13H12N2O5. The molecule has 3 aliphatic rings. The van der Waals surface area contributed by atoms with E-state index in [1.807, 2.05) is 6.08 Å². The van der Waals surface area contributed by atoms with Crippen molar-refractivity contribution in [3.63, 3.8) is 0 Å². The zero-order valence-corrected chi connectivity index (χ0v) is 10.6. The van der Waals surface area contributed by atoms with E-state index in [1.165, 1.54) is 11.1 Å². The Morgan fingerprint density at radius 3 is 3.05 bits per heavy atom. The smallest absolute Gasteiger partial charge is 0.310 e. The minimum absolute atomic E-state index is 0.240. The van der Waals surface area contributed by atoms with E-state index < -0.39 is 29.5 Å². The van der Waals surface area contributed by atoms with E-state index in [0.717, 1.165) is 0 Å². The summed E-state index contributed by atoms with van der Waals surface area (Å²) in [5.74, 6) is -2.21. The Morgan fingerprint density at radius 2 is 2.40 bits per heavy atom. The molecule has 4 rings (SSSR count). The Labute approximate surface area is 113 Å². The number of carboxylic acids is 1. The number of aliphatic carboxylic acids is 1. The predicted octanol–water partition coefficient (Wildman–Crippen LogP) is 0.354. The van der Waals surface area contributed by atoms with Crippen molar-refractivity contribution < 1.29 is 24.0 Å². The van der Waals surface area contributed by atoms with Crippen LogP contribution in [0.15, 0.2) is 22.9 Å². The molecule has 4 heterocycles. The maximum Gasteiger partial charge on any atom is 0.310 e. The molecule has 1 aromatic heterocycles. The van der Waals surface area contributed by atoms with E-state index in [0.29, 0.717) is 18.0 Å². The second-order valence-electron chi connectivity index (χ2n) is 5.43. The quantitative estimate of drug-likeness (QED) is 0.784. The fourth-order valence-electron chi connectivity index (χ4n) is 3.54. The Bertz CT molecular complexity index is 651. The van der Waals surface area contributed by atoms with E-state index >= 15 is 0 Å². The molecule has 1 spiro atoms. The van der Waals surface area contributed by atoms with Crippen molar-refractivity contribution >= 4 is 17.6 Å². The number of anilines is 1. The van der Waals surface area contributed by atoms with Crippen LogP contribution >= 0.6 is 0 Å². The van der Waals surface area contributed by atoms with E-state index in [4.69, 9.17) is 9.26 Å². The molecule has 0 aliphatic carbocycles. The largest absolute Gasteiger partial charge is 0.481 e. The van der Waals surface area contributed by atoms with Gasteiger partial charge in [-0.15, -0.1) is 0 Å². The number of amides is 1. The van der Waals surface area contributed by atoms with Gasteiger partial charge >= 0.3 is 5.97 Å². The number of ether oxygens (including phenoxy) is 1. The van der Waals surface area contributed by atoms with Gasteiger partial charge < -0.3 is 19.3 Å². The number of nitrogens with zero attached hydrogens (tertiary/aromatic N) is 2. The van der Waals surface area contributed by atoms with Crippen LogP contribution in [0.4, 0.5) is 5.69 Å². The summed E-state index contributed by atoms with van der Waals surface area (Å²) in [4.78, 5) is 25.5. The van der Waals surface area contributed by atoms with Crippen molar-refractivity contribution in [1.29, 1.82) is 0 Å². The number of aromatic nitrogens is 1. The maximum absolute atomic E-state index is 12.6. The van der Waals surface area contributed by atoms with Gasteiger partial charge in [0.25, 0.3) is 0 Å². The summed E-state index contributed by atoms with van der Waals surface area (Å²) in [6, 6.07) is 0. The van der Waals surface area contributed by atoms with Gasteiger partial charge in [0.05, 0.1) is 24.8 Å². The van der Waals surface area contributed by atoms with Crippen LogP contribution in [0.3, 0.4) is 0 Å². The Hall–Kier alpha value is -2.15. The highest BCUT2D eigenvalue weighted by Crippen LogP contribution is 2.52. The molecule has 1 amide bonds. The van der Waals surface area contributed by atoms with Crippen molar-refractivity contribution in [2.45, 2.75) is 18.6 Å². The van der Waals surface area contributed by atoms with E-state index in [1.54, 1.807) is 13.0 Å². The van der Waals surface area contributed by atoms with Gasteiger partial charge in [0.15, 0.2) is 5.76 Å². The second-order valence-corrected chi connectivity index (χ2v) is 5.43. The first-order valence-corrected chi connectivity index (χ1v) is 6.36. The molecule has 2 fully saturated rings. The van der Waals surface area contributed by atoms with Gasteiger partial charge in [0, 0.05) is 0 Å². The molecule has 0 radical (unpaired) electrons. The molecule has 0 aromatic carbocycles. The van der Waals surface area contributed by atoms with Gasteiger partial charge in [-0.25, -0.2) is 0 Å². The zero-order valence-electron chi connectivity index (χ0n) is 10.6. The highest BCUT2D eigenvalue weighted by molar-refractivity contribution is 6.02. The number of hydrogen-bond acceptors (Lipinski definition) is 5. The monoisotopic (exact) mass is 276 g/mol. The zero-order chi connectivity index (χ0) is 14.1. The molecule has 2 saturated heterocycles.